The molecule has 7 nitrogen and oxygen atoms in total. The maximum absolute atomic E-state index is 12.9. The molecule has 4 N–H and O–H groups in total. The third kappa shape index (κ3) is 6.55. The van der Waals surface area contributed by atoms with Gasteiger partial charge < -0.3 is 25.2 Å². The number of benzene rings is 2. The van der Waals surface area contributed by atoms with E-state index in [9.17, 15) is 14.0 Å². The lowest BCUT2D eigenvalue weighted by Gasteiger charge is -2.29. The molecule has 0 atom stereocenters. The molecular formula is C21H27FN4O3+2. The summed E-state index contributed by atoms with van der Waals surface area (Å²) in [5.41, 5.74) is 1.31. The predicted molar refractivity (Wildman–Crippen MR) is 108 cm³/mol. The quantitative estimate of drug-likeness (QED) is 0.490. The second kappa shape index (κ2) is 9.99. The van der Waals surface area contributed by atoms with Crippen LogP contribution in [0.25, 0.3) is 0 Å². The minimum atomic E-state index is -0.330. The van der Waals surface area contributed by atoms with E-state index in [1.807, 2.05) is 18.2 Å². The van der Waals surface area contributed by atoms with Crippen molar-refractivity contribution in [2.24, 2.45) is 0 Å². The molecular weight excluding hydrogens is 375 g/mol. The van der Waals surface area contributed by atoms with Crippen molar-refractivity contribution < 1.29 is 28.5 Å². The molecule has 0 bridgehead atoms. The molecule has 0 saturated carbocycles. The molecule has 3 rings (SSSR count). The van der Waals surface area contributed by atoms with E-state index in [0.29, 0.717) is 24.5 Å². The van der Waals surface area contributed by atoms with Gasteiger partial charge in [-0.05, 0) is 36.4 Å². The number of methoxy groups -OCH3 is 1. The number of hydrogen-bond acceptors (Lipinski definition) is 3. The van der Waals surface area contributed by atoms with Gasteiger partial charge in [0.05, 0.1) is 7.11 Å². The normalized spacial score (nSPS) is 18.7. The lowest BCUT2D eigenvalue weighted by atomic mass is 10.2. The molecule has 8 heteroatoms. The van der Waals surface area contributed by atoms with Crippen molar-refractivity contribution in [1.29, 1.82) is 0 Å². The average Bonchev–Trinajstić information content (AvgIpc) is 2.71. The van der Waals surface area contributed by atoms with Crippen molar-refractivity contribution in [3.63, 3.8) is 0 Å². The third-order valence-electron chi connectivity index (χ3n) is 4.97. The number of amides is 2. The number of carbonyl (C=O) groups excluding carboxylic acids is 2. The standard InChI is InChI=1S/C21H25FN4O3/c1-29-19-4-2-3-18(13-19)24-21(28)15-26-11-9-25(10-12-26)14-20(27)23-17-7-5-16(22)6-8-17/h2-8,13H,9-12,14-15H2,1H3,(H,23,27)(H,24,28)/p+2. The van der Waals surface area contributed by atoms with Gasteiger partial charge in [0.2, 0.25) is 0 Å². The number of ether oxygens (including phenoxy) is 1. The molecule has 2 aromatic carbocycles. The molecule has 29 heavy (non-hydrogen) atoms. The van der Waals surface area contributed by atoms with Gasteiger partial charge in [0.1, 0.15) is 37.7 Å². The number of piperazine rings is 1. The van der Waals surface area contributed by atoms with E-state index in [1.54, 1.807) is 25.3 Å². The van der Waals surface area contributed by atoms with Gasteiger partial charge >= 0.3 is 0 Å². The summed E-state index contributed by atoms with van der Waals surface area (Å²) < 4.78 is 18.1. The minimum Gasteiger partial charge on any atom is -0.497 e. The van der Waals surface area contributed by atoms with Gasteiger partial charge in [-0.15, -0.1) is 0 Å². The first kappa shape index (κ1) is 20.8. The molecule has 0 radical (unpaired) electrons. The number of anilines is 2. The second-order valence-corrected chi connectivity index (χ2v) is 7.19. The summed E-state index contributed by atoms with van der Waals surface area (Å²) >= 11 is 0. The summed E-state index contributed by atoms with van der Waals surface area (Å²) in [5, 5.41) is 5.69. The van der Waals surface area contributed by atoms with Crippen LogP contribution in [0.5, 0.6) is 5.75 Å². The lowest BCUT2D eigenvalue weighted by molar-refractivity contribution is -1.00. The fourth-order valence-electron chi connectivity index (χ4n) is 3.41. The molecule has 0 spiro atoms. The first-order valence-corrected chi connectivity index (χ1v) is 9.68. The Balaban J connectivity index is 1.38. The van der Waals surface area contributed by atoms with Crippen molar-refractivity contribution in [1.82, 2.24) is 0 Å². The first-order valence-electron chi connectivity index (χ1n) is 9.68. The molecule has 2 aromatic rings. The topological polar surface area (TPSA) is 76.3 Å². The van der Waals surface area contributed by atoms with Crippen molar-refractivity contribution in [3.05, 3.63) is 54.3 Å². The largest absolute Gasteiger partial charge is 0.497 e. The molecule has 1 saturated heterocycles. The van der Waals surface area contributed by atoms with Crippen LogP contribution in [-0.2, 0) is 9.59 Å². The van der Waals surface area contributed by atoms with E-state index >= 15 is 0 Å². The minimum absolute atomic E-state index is 0.0363. The molecule has 0 aromatic heterocycles. The Morgan fingerprint density at radius 3 is 2.00 bits per heavy atom. The van der Waals surface area contributed by atoms with Crippen LogP contribution < -0.4 is 25.2 Å². The van der Waals surface area contributed by atoms with Gasteiger partial charge in [-0.25, -0.2) is 4.39 Å². The average molecular weight is 402 g/mol. The smallest absolute Gasteiger partial charge is 0.279 e. The van der Waals surface area contributed by atoms with E-state index in [1.165, 1.54) is 21.9 Å². The van der Waals surface area contributed by atoms with Crippen molar-refractivity contribution in [2.45, 2.75) is 0 Å². The van der Waals surface area contributed by atoms with E-state index in [2.05, 4.69) is 10.6 Å². The molecule has 0 aliphatic carbocycles. The fourth-order valence-corrected chi connectivity index (χ4v) is 3.41. The van der Waals surface area contributed by atoms with Crippen LogP contribution in [0.3, 0.4) is 0 Å². The Labute approximate surface area is 169 Å². The number of rotatable bonds is 7. The summed E-state index contributed by atoms with van der Waals surface area (Å²) in [7, 11) is 1.59. The van der Waals surface area contributed by atoms with E-state index in [0.717, 1.165) is 31.9 Å². The highest BCUT2D eigenvalue weighted by atomic mass is 19.1. The van der Waals surface area contributed by atoms with Gasteiger partial charge in [0.25, 0.3) is 11.8 Å². The Kier molecular flexibility index (Phi) is 7.15. The highest BCUT2D eigenvalue weighted by Gasteiger charge is 2.26. The Bertz CT molecular complexity index is 836. The van der Waals surface area contributed by atoms with Crippen LogP contribution in [0.15, 0.2) is 48.5 Å². The van der Waals surface area contributed by atoms with Crippen molar-refractivity contribution in [2.75, 3.05) is 57.0 Å². The Morgan fingerprint density at radius 1 is 0.897 bits per heavy atom. The zero-order valence-corrected chi connectivity index (χ0v) is 16.5. The van der Waals surface area contributed by atoms with Crippen LogP contribution >= 0.6 is 0 Å². The lowest BCUT2D eigenvalue weighted by Crippen LogP contribution is -3.28. The summed E-state index contributed by atoms with van der Waals surface area (Å²) in [5.74, 6) is 0.242. The van der Waals surface area contributed by atoms with Gasteiger partial charge in [-0.2, -0.15) is 0 Å². The van der Waals surface area contributed by atoms with Gasteiger partial charge in [0, 0.05) is 17.4 Å². The zero-order chi connectivity index (χ0) is 20.6. The number of hydrogen-bond donors (Lipinski definition) is 4. The van der Waals surface area contributed by atoms with E-state index in [4.69, 9.17) is 4.74 Å². The summed E-state index contributed by atoms with van der Waals surface area (Å²) in [6.45, 7) is 4.04. The summed E-state index contributed by atoms with van der Waals surface area (Å²) in [4.78, 5) is 26.9. The van der Waals surface area contributed by atoms with Crippen LogP contribution in [0.2, 0.25) is 0 Å². The van der Waals surface area contributed by atoms with Gasteiger partial charge in [-0.3, -0.25) is 9.59 Å². The maximum atomic E-state index is 12.9. The number of carbonyl (C=O) groups is 2. The summed E-state index contributed by atoms with van der Waals surface area (Å²) in [6, 6.07) is 13.0. The highest BCUT2D eigenvalue weighted by molar-refractivity contribution is 5.92. The third-order valence-corrected chi connectivity index (χ3v) is 4.97. The fraction of sp³-hybridized carbons (Fsp3) is 0.333. The zero-order valence-electron chi connectivity index (χ0n) is 16.5. The van der Waals surface area contributed by atoms with E-state index in [-0.39, 0.29) is 17.6 Å². The van der Waals surface area contributed by atoms with Crippen LogP contribution in [0.4, 0.5) is 15.8 Å². The number of nitrogens with one attached hydrogen (secondary N) is 4. The number of quaternary nitrogens is 2. The molecule has 0 unspecified atom stereocenters. The monoisotopic (exact) mass is 402 g/mol. The van der Waals surface area contributed by atoms with Crippen molar-refractivity contribution >= 4 is 23.2 Å². The van der Waals surface area contributed by atoms with Gasteiger partial charge in [-0.1, -0.05) is 6.07 Å². The second-order valence-electron chi connectivity index (χ2n) is 7.19. The summed E-state index contributed by atoms with van der Waals surface area (Å²) in [6.07, 6.45) is 0. The maximum Gasteiger partial charge on any atom is 0.279 e. The van der Waals surface area contributed by atoms with Gasteiger partial charge in [0.15, 0.2) is 13.1 Å². The van der Waals surface area contributed by atoms with Crippen LogP contribution in [0, 0.1) is 5.82 Å². The first-order chi connectivity index (χ1) is 14.0. The van der Waals surface area contributed by atoms with E-state index < -0.39 is 0 Å². The molecule has 1 aliphatic rings. The van der Waals surface area contributed by atoms with Crippen LogP contribution in [0.1, 0.15) is 0 Å². The molecule has 1 aliphatic heterocycles. The predicted octanol–water partition coefficient (Wildman–Crippen LogP) is -0.805. The highest BCUT2D eigenvalue weighted by Crippen LogP contribution is 2.16. The molecule has 1 fully saturated rings. The molecule has 154 valence electrons. The SMILES string of the molecule is COc1cccc(NC(=O)C[NH+]2CC[NH+](CC(=O)Nc3ccc(F)cc3)CC2)c1. The molecule has 2 amide bonds. The molecule has 1 heterocycles. The van der Waals surface area contributed by atoms with Crippen molar-refractivity contribution in [3.8, 4) is 5.75 Å². The Hall–Kier alpha value is -2.97. The number of halogens is 1. The Morgan fingerprint density at radius 2 is 1.45 bits per heavy atom. The van der Waals surface area contributed by atoms with Crippen LogP contribution in [-0.4, -0.2) is 58.2 Å².